The summed E-state index contributed by atoms with van der Waals surface area (Å²) in [5, 5.41) is 15.5. The normalized spacial score (nSPS) is 13.0. The molecule has 1 aromatic heterocycles. The molecule has 1 amide bonds. The first kappa shape index (κ1) is 15.7. The Morgan fingerprint density at radius 2 is 2.11 bits per heavy atom. The van der Waals surface area contributed by atoms with E-state index in [4.69, 9.17) is 5.11 Å². The van der Waals surface area contributed by atoms with Crippen molar-refractivity contribution < 1.29 is 14.7 Å². The molecule has 5 heteroatoms. The zero-order valence-corrected chi connectivity index (χ0v) is 12.4. The van der Waals surface area contributed by atoms with Crippen LogP contribution in [0.4, 0.5) is 0 Å². The zero-order valence-electron chi connectivity index (χ0n) is 11.6. The Morgan fingerprint density at radius 3 is 2.58 bits per heavy atom. The van der Waals surface area contributed by atoms with Crippen molar-refractivity contribution in [1.29, 1.82) is 0 Å². The van der Waals surface area contributed by atoms with Crippen LogP contribution in [0.3, 0.4) is 0 Å². The van der Waals surface area contributed by atoms with Crippen molar-refractivity contribution in [2.24, 2.45) is 5.41 Å². The summed E-state index contributed by atoms with van der Waals surface area (Å²) in [4.78, 5) is 22.9. The summed E-state index contributed by atoms with van der Waals surface area (Å²) in [5.41, 5.74) is 0.980. The van der Waals surface area contributed by atoms with Crippen molar-refractivity contribution in [1.82, 2.24) is 5.32 Å². The second-order valence-corrected chi connectivity index (χ2v) is 6.65. The fraction of sp³-hybridized carbons (Fsp3) is 0.571. The van der Waals surface area contributed by atoms with Gasteiger partial charge >= 0.3 is 5.97 Å². The average Bonchev–Trinajstić information content (AvgIpc) is 2.75. The first-order valence-corrected chi connectivity index (χ1v) is 7.25. The molecule has 0 aliphatic heterocycles. The van der Waals surface area contributed by atoms with Gasteiger partial charge in [0.2, 0.25) is 5.91 Å². The first-order valence-electron chi connectivity index (χ1n) is 6.31. The summed E-state index contributed by atoms with van der Waals surface area (Å²) in [6.07, 6.45) is 1.44. The number of amides is 1. The molecule has 0 aromatic carbocycles. The smallest absolute Gasteiger partial charge is 0.326 e. The minimum Gasteiger partial charge on any atom is -0.480 e. The molecule has 2 N–H and O–H groups in total. The van der Waals surface area contributed by atoms with Gasteiger partial charge in [0, 0.05) is 0 Å². The predicted molar refractivity (Wildman–Crippen MR) is 76.3 cm³/mol. The Bertz CT molecular complexity index is 420. The highest BCUT2D eigenvalue weighted by molar-refractivity contribution is 7.07. The molecule has 0 spiro atoms. The van der Waals surface area contributed by atoms with Gasteiger partial charge in [0.25, 0.3) is 0 Å². The SMILES string of the molecule is CC(C)(C)CCC(NC(=O)Cc1ccsc1)C(=O)O. The standard InChI is InChI=1S/C14H21NO3S/c1-14(2,3)6-4-11(13(17)18)15-12(16)8-10-5-7-19-9-10/h5,7,9,11H,4,6,8H2,1-3H3,(H,15,16)(H,17,18). The van der Waals surface area contributed by atoms with Crippen molar-refractivity contribution in [3.8, 4) is 0 Å². The number of carbonyl (C=O) groups excluding carboxylic acids is 1. The maximum Gasteiger partial charge on any atom is 0.326 e. The third-order valence-corrected chi connectivity index (χ3v) is 3.49. The van der Waals surface area contributed by atoms with Crippen LogP contribution in [0.5, 0.6) is 0 Å². The molecule has 1 atom stereocenters. The molecular weight excluding hydrogens is 262 g/mol. The third-order valence-electron chi connectivity index (χ3n) is 2.76. The zero-order chi connectivity index (χ0) is 14.5. The molecule has 19 heavy (non-hydrogen) atoms. The van der Waals surface area contributed by atoms with Crippen LogP contribution in [0, 0.1) is 5.41 Å². The minimum absolute atomic E-state index is 0.0613. The van der Waals surface area contributed by atoms with Gasteiger partial charge in [-0.25, -0.2) is 4.79 Å². The molecule has 4 nitrogen and oxygen atoms in total. The van der Waals surface area contributed by atoms with E-state index >= 15 is 0 Å². The van der Waals surface area contributed by atoms with E-state index < -0.39 is 12.0 Å². The molecule has 0 aliphatic rings. The fourth-order valence-corrected chi connectivity index (χ4v) is 2.33. The van der Waals surface area contributed by atoms with Gasteiger partial charge < -0.3 is 10.4 Å². The molecule has 0 fully saturated rings. The third kappa shape index (κ3) is 6.38. The van der Waals surface area contributed by atoms with Gasteiger partial charge in [-0.2, -0.15) is 11.3 Å². The Kier molecular flexibility index (Phi) is 5.54. The van der Waals surface area contributed by atoms with Crippen LogP contribution in [0.25, 0.3) is 0 Å². The van der Waals surface area contributed by atoms with Crippen LogP contribution < -0.4 is 5.32 Å². The molecule has 0 saturated carbocycles. The summed E-state index contributed by atoms with van der Waals surface area (Å²) in [5.74, 6) is -1.21. The summed E-state index contributed by atoms with van der Waals surface area (Å²) in [6, 6.07) is 1.07. The van der Waals surface area contributed by atoms with Crippen LogP contribution >= 0.6 is 11.3 Å². The van der Waals surface area contributed by atoms with Crippen LogP contribution in [-0.2, 0) is 16.0 Å². The second-order valence-electron chi connectivity index (χ2n) is 5.87. The summed E-state index contributed by atoms with van der Waals surface area (Å²) >= 11 is 1.52. The van der Waals surface area contributed by atoms with E-state index in [1.807, 2.05) is 16.8 Å². The highest BCUT2D eigenvalue weighted by atomic mass is 32.1. The predicted octanol–water partition coefficient (Wildman–Crippen LogP) is 2.69. The van der Waals surface area contributed by atoms with E-state index in [1.54, 1.807) is 0 Å². The summed E-state index contributed by atoms with van der Waals surface area (Å²) in [7, 11) is 0. The van der Waals surface area contributed by atoms with Gasteiger partial charge in [-0.15, -0.1) is 0 Å². The molecule has 0 bridgehead atoms. The number of rotatable bonds is 6. The molecule has 1 heterocycles. The quantitative estimate of drug-likeness (QED) is 0.843. The number of carboxylic acid groups (broad SMARTS) is 1. The van der Waals surface area contributed by atoms with E-state index in [-0.39, 0.29) is 17.7 Å². The topological polar surface area (TPSA) is 66.4 Å². The van der Waals surface area contributed by atoms with Gasteiger partial charge in [-0.1, -0.05) is 20.8 Å². The van der Waals surface area contributed by atoms with E-state index in [0.29, 0.717) is 6.42 Å². The molecule has 106 valence electrons. The van der Waals surface area contributed by atoms with Crippen LogP contribution in [0.2, 0.25) is 0 Å². The lowest BCUT2D eigenvalue weighted by molar-refractivity contribution is -0.142. The lowest BCUT2D eigenvalue weighted by atomic mass is 9.88. The van der Waals surface area contributed by atoms with E-state index in [1.165, 1.54) is 11.3 Å². The molecule has 1 rings (SSSR count). The van der Waals surface area contributed by atoms with E-state index in [2.05, 4.69) is 26.1 Å². The number of aliphatic carboxylic acids is 1. The molecule has 0 saturated heterocycles. The van der Waals surface area contributed by atoms with E-state index in [0.717, 1.165) is 12.0 Å². The number of hydrogen-bond acceptors (Lipinski definition) is 3. The summed E-state index contributed by atoms with van der Waals surface area (Å²) in [6.45, 7) is 6.16. The van der Waals surface area contributed by atoms with Crippen molar-refractivity contribution in [2.45, 2.75) is 46.1 Å². The number of nitrogens with one attached hydrogen (secondary N) is 1. The second kappa shape index (κ2) is 6.70. The fourth-order valence-electron chi connectivity index (χ4n) is 1.66. The molecule has 1 aromatic rings. The van der Waals surface area contributed by atoms with Crippen molar-refractivity contribution in [3.05, 3.63) is 22.4 Å². The Morgan fingerprint density at radius 1 is 1.42 bits per heavy atom. The van der Waals surface area contributed by atoms with Crippen LogP contribution in [0.15, 0.2) is 16.8 Å². The van der Waals surface area contributed by atoms with Gasteiger partial charge in [0.05, 0.1) is 6.42 Å². The molecule has 1 unspecified atom stereocenters. The van der Waals surface area contributed by atoms with Crippen molar-refractivity contribution in [2.75, 3.05) is 0 Å². The highest BCUT2D eigenvalue weighted by Gasteiger charge is 2.22. The lowest BCUT2D eigenvalue weighted by Gasteiger charge is -2.21. The highest BCUT2D eigenvalue weighted by Crippen LogP contribution is 2.21. The summed E-state index contributed by atoms with van der Waals surface area (Å²) < 4.78 is 0. The number of thiophene rings is 1. The average molecular weight is 283 g/mol. The van der Waals surface area contributed by atoms with Crippen LogP contribution in [-0.4, -0.2) is 23.0 Å². The lowest BCUT2D eigenvalue weighted by Crippen LogP contribution is -2.42. The van der Waals surface area contributed by atoms with Crippen LogP contribution in [0.1, 0.15) is 39.2 Å². The first-order chi connectivity index (χ1) is 8.78. The Hall–Kier alpha value is -1.36. The van der Waals surface area contributed by atoms with Gasteiger partial charge in [0.15, 0.2) is 0 Å². The number of carbonyl (C=O) groups is 2. The van der Waals surface area contributed by atoms with E-state index in [9.17, 15) is 9.59 Å². The van der Waals surface area contributed by atoms with Gasteiger partial charge in [0.1, 0.15) is 6.04 Å². The number of hydrogen-bond donors (Lipinski definition) is 2. The van der Waals surface area contributed by atoms with Gasteiger partial charge in [-0.05, 0) is 40.6 Å². The maximum absolute atomic E-state index is 11.8. The largest absolute Gasteiger partial charge is 0.480 e. The molecule has 0 radical (unpaired) electrons. The Balaban J connectivity index is 2.49. The molecular formula is C14H21NO3S. The van der Waals surface area contributed by atoms with Crippen molar-refractivity contribution in [3.63, 3.8) is 0 Å². The minimum atomic E-state index is -0.970. The van der Waals surface area contributed by atoms with Crippen molar-refractivity contribution >= 4 is 23.2 Å². The maximum atomic E-state index is 11.8. The molecule has 0 aliphatic carbocycles. The Labute approximate surface area is 117 Å². The van der Waals surface area contributed by atoms with Gasteiger partial charge in [-0.3, -0.25) is 4.79 Å². The number of carboxylic acids is 1. The monoisotopic (exact) mass is 283 g/mol.